The second-order valence-corrected chi connectivity index (χ2v) is 4.35. The highest BCUT2D eigenvalue weighted by molar-refractivity contribution is 5.55. The molecule has 2 nitrogen and oxygen atoms in total. The predicted octanol–water partition coefficient (Wildman–Crippen LogP) is 2.33. The zero-order valence-corrected chi connectivity index (χ0v) is 9.64. The number of likely N-dealkylation sites (N-methyl/N-ethyl adjacent to an activating group) is 1. The number of anilines is 1. The maximum Gasteiger partial charge on any atom is 0.0389 e. The zero-order chi connectivity index (χ0) is 10.7. The highest BCUT2D eigenvalue weighted by Gasteiger charge is 2.16. The molecule has 0 amide bonds. The lowest BCUT2D eigenvalue weighted by atomic mass is 9.97. The lowest BCUT2D eigenvalue weighted by Gasteiger charge is -2.27. The van der Waals surface area contributed by atoms with Crippen LogP contribution in [0.4, 0.5) is 5.69 Å². The van der Waals surface area contributed by atoms with Gasteiger partial charge in [-0.05, 0) is 43.5 Å². The van der Waals surface area contributed by atoms with E-state index < -0.39 is 0 Å². The van der Waals surface area contributed by atoms with E-state index in [-0.39, 0.29) is 0 Å². The molecule has 1 heterocycles. The summed E-state index contributed by atoms with van der Waals surface area (Å²) in [6, 6.07) is 7.30. The van der Waals surface area contributed by atoms with Crippen molar-refractivity contribution in [1.29, 1.82) is 0 Å². The zero-order valence-electron chi connectivity index (χ0n) is 9.64. The van der Waals surface area contributed by atoms with Crippen LogP contribution in [0.15, 0.2) is 18.2 Å². The van der Waals surface area contributed by atoms with E-state index >= 15 is 0 Å². The van der Waals surface area contributed by atoms with Gasteiger partial charge < -0.3 is 10.6 Å². The molecule has 15 heavy (non-hydrogen) atoms. The van der Waals surface area contributed by atoms with Crippen LogP contribution in [0, 0.1) is 6.92 Å². The molecular formula is C13H20N2. The standard InChI is InChI=1S/C13H20N2/c1-3-14-9-12-7-6-11-5-4-10(2)8-13(11)15-12/h4-5,8,12,14-15H,3,6-7,9H2,1-2H3. The summed E-state index contributed by atoms with van der Waals surface area (Å²) in [6.07, 6.45) is 2.45. The number of hydrogen-bond acceptors (Lipinski definition) is 2. The summed E-state index contributed by atoms with van der Waals surface area (Å²) in [7, 11) is 0. The van der Waals surface area contributed by atoms with Crippen LogP contribution in [0.1, 0.15) is 24.5 Å². The first-order chi connectivity index (χ1) is 7.29. The molecule has 0 fully saturated rings. The van der Waals surface area contributed by atoms with Gasteiger partial charge in [-0.2, -0.15) is 0 Å². The van der Waals surface area contributed by atoms with Crippen LogP contribution < -0.4 is 10.6 Å². The van der Waals surface area contributed by atoms with E-state index in [1.165, 1.54) is 29.7 Å². The molecule has 0 spiro atoms. The molecule has 1 unspecified atom stereocenters. The Morgan fingerprint density at radius 1 is 1.47 bits per heavy atom. The average Bonchev–Trinajstić information content (AvgIpc) is 2.25. The third-order valence-electron chi connectivity index (χ3n) is 3.03. The van der Waals surface area contributed by atoms with Gasteiger partial charge in [0.2, 0.25) is 0 Å². The molecule has 0 bridgehead atoms. The lowest BCUT2D eigenvalue weighted by molar-refractivity contribution is 0.570. The monoisotopic (exact) mass is 204 g/mol. The van der Waals surface area contributed by atoms with Crippen LogP contribution in [0.5, 0.6) is 0 Å². The third kappa shape index (κ3) is 2.51. The van der Waals surface area contributed by atoms with Crippen LogP contribution >= 0.6 is 0 Å². The van der Waals surface area contributed by atoms with Crippen LogP contribution in [-0.4, -0.2) is 19.1 Å². The Hall–Kier alpha value is -1.02. The molecule has 1 atom stereocenters. The molecule has 0 radical (unpaired) electrons. The largest absolute Gasteiger partial charge is 0.381 e. The molecule has 2 rings (SSSR count). The van der Waals surface area contributed by atoms with Crippen molar-refractivity contribution < 1.29 is 0 Å². The van der Waals surface area contributed by atoms with Crippen molar-refractivity contribution in [3.05, 3.63) is 29.3 Å². The quantitative estimate of drug-likeness (QED) is 0.789. The number of rotatable bonds is 3. The fraction of sp³-hybridized carbons (Fsp3) is 0.538. The summed E-state index contributed by atoms with van der Waals surface area (Å²) in [6.45, 7) is 6.43. The summed E-state index contributed by atoms with van der Waals surface area (Å²) >= 11 is 0. The van der Waals surface area contributed by atoms with E-state index in [1.807, 2.05) is 0 Å². The smallest absolute Gasteiger partial charge is 0.0389 e. The number of aryl methyl sites for hydroxylation is 2. The Labute approximate surface area is 92.1 Å². The molecule has 0 aromatic heterocycles. The summed E-state index contributed by atoms with van der Waals surface area (Å²) in [5.74, 6) is 0. The first kappa shape index (κ1) is 10.5. The number of fused-ring (bicyclic) bond motifs is 1. The highest BCUT2D eigenvalue weighted by atomic mass is 15.0. The molecule has 1 aliphatic heterocycles. The second kappa shape index (κ2) is 4.67. The van der Waals surface area contributed by atoms with Crippen LogP contribution in [0.25, 0.3) is 0 Å². The molecule has 1 aromatic rings. The summed E-state index contributed by atoms with van der Waals surface area (Å²) in [5.41, 5.74) is 4.14. The van der Waals surface area contributed by atoms with Crippen molar-refractivity contribution in [1.82, 2.24) is 5.32 Å². The van der Waals surface area contributed by atoms with Gasteiger partial charge in [0.15, 0.2) is 0 Å². The lowest BCUT2D eigenvalue weighted by Crippen LogP contribution is -2.35. The molecule has 1 aliphatic rings. The Bertz CT molecular complexity index is 333. The number of hydrogen-bond donors (Lipinski definition) is 2. The fourth-order valence-corrected chi connectivity index (χ4v) is 2.14. The van der Waals surface area contributed by atoms with E-state index in [9.17, 15) is 0 Å². The molecule has 2 N–H and O–H groups in total. The van der Waals surface area contributed by atoms with Crippen LogP contribution in [-0.2, 0) is 6.42 Å². The molecule has 0 aliphatic carbocycles. The van der Waals surface area contributed by atoms with Crippen molar-refractivity contribution in [2.24, 2.45) is 0 Å². The van der Waals surface area contributed by atoms with Crippen molar-refractivity contribution in [3.8, 4) is 0 Å². The fourth-order valence-electron chi connectivity index (χ4n) is 2.14. The normalized spacial score (nSPS) is 19.5. The average molecular weight is 204 g/mol. The van der Waals surface area contributed by atoms with E-state index in [0.717, 1.165) is 13.1 Å². The summed E-state index contributed by atoms with van der Waals surface area (Å²) < 4.78 is 0. The second-order valence-electron chi connectivity index (χ2n) is 4.35. The van der Waals surface area contributed by atoms with E-state index in [0.29, 0.717) is 6.04 Å². The molecule has 82 valence electrons. The van der Waals surface area contributed by atoms with E-state index in [1.54, 1.807) is 0 Å². The molecule has 1 aromatic carbocycles. The van der Waals surface area contributed by atoms with Gasteiger partial charge in [0, 0.05) is 18.3 Å². The van der Waals surface area contributed by atoms with Gasteiger partial charge in [0.1, 0.15) is 0 Å². The van der Waals surface area contributed by atoms with Gasteiger partial charge in [-0.25, -0.2) is 0 Å². The van der Waals surface area contributed by atoms with Crippen molar-refractivity contribution in [3.63, 3.8) is 0 Å². The van der Waals surface area contributed by atoms with Crippen molar-refractivity contribution >= 4 is 5.69 Å². The Morgan fingerprint density at radius 2 is 2.33 bits per heavy atom. The minimum atomic E-state index is 0.597. The number of nitrogens with one attached hydrogen (secondary N) is 2. The van der Waals surface area contributed by atoms with Crippen LogP contribution in [0.2, 0.25) is 0 Å². The molecule has 0 saturated heterocycles. The third-order valence-corrected chi connectivity index (χ3v) is 3.03. The minimum absolute atomic E-state index is 0.597. The Balaban J connectivity index is 2.05. The SMILES string of the molecule is CCNCC1CCc2ccc(C)cc2N1. The molecular weight excluding hydrogens is 184 g/mol. The Morgan fingerprint density at radius 3 is 3.13 bits per heavy atom. The first-order valence-corrected chi connectivity index (χ1v) is 5.86. The predicted molar refractivity (Wildman–Crippen MR) is 65.5 cm³/mol. The van der Waals surface area contributed by atoms with Gasteiger partial charge >= 0.3 is 0 Å². The van der Waals surface area contributed by atoms with Gasteiger partial charge in [-0.15, -0.1) is 0 Å². The highest BCUT2D eigenvalue weighted by Crippen LogP contribution is 2.25. The molecule has 0 saturated carbocycles. The van der Waals surface area contributed by atoms with Gasteiger partial charge in [-0.3, -0.25) is 0 Å². The number of benzene rings is 1. The summed E-state index contributed by atoms with van der Waals surface area (Å²) in [5, 5.41) is 7.01. The van der Waals surface area contributed by atoms with Crippen molar-refractivity contribution in [2.45, 2.75) is 32.7 Å². The van der Waals surface area contributed by atoms with Gasteiger partial charge in [0.25, 0.3) is 0 Å². The van der Waals surface area contributed by atoms with Crippen molar-refractivity contribution in [2.75, 3.05) is 18.4 Å². The topological polar surface area (TPSA) is 24.1 Å². The van der Waals surface area contributed by atoms with E-state index in [4.69, 9.17) is 0 Å². The van der Waals surface area contributed by atoms with Gasteiger partial charge in [0.05, 0.1) is 0 Å². The summed E-state index contributed by atoms with van der Waals surface area (Å²) in [4.78, 5) is 0. The first-order valence-electron chi connectivity index (χ1n) is 5.86. The van der Waals surface area contributed by atoms with Crippen LogP contribution in [0.3, 0.4) is 0 Å². The van der Waals surface area contributed by atoms with Gasteiger partial charge in [-0.1, -0.05) is 19.1 Å². The molecule has 2 heteroatoms. The maximum absolute atomic E-state index is 3.61. The van der Waals surface area contributed by atoms with E-state index in [2.05, 4.69) is 42.7 Å². The maximum atomic E-state index is 3.61. The Kier molecular flexibility index (Phi) is 3.27. The minimum Gasteiger partial charge on any atom is -0.381 e.